The Hall–Kier alpha value is -3.60. The van der Waals surface area contributed by atoms with Gasteiger partial charge in [0.15, 0.2) is 0 Å². The third kappa shape index (κ3) is 4.61. The highest BCUT2D eigenvalue weighted by Gasteiger charge is 2.31. The predicted molar refractivity (Wildman–Crippen MR) is 120 cm³/mol. The van der Waals surface area contributed by atoms with Gasteiger partial charge in [-0.25, -0.2) is 0 Å². The molecule has 5 nitrogen and oxygen atoms in total. The number of hydrogen-bond acceptors (Lipinski definition) is 3. The smallest absolute Gasteiger partial charge is 0.253 e. The van der Waals surface area contributed by atoms with Crippen LogP contribution in [0.15, 0.2) is 84.9 Å². The van der Waals surface area contributed by atoms with Crippen LogP contribution < -0.4 is 4.74 Å². The fourth-order valence-corrected chi connectivity index (χ4v) is 4.00. The average molecular weight is 415 g/mol. The summed E-state index contributed by atoms with van der Waals surface area (Å²) in [6.07, 6.45) is 0. The van der Waals surface area contributed by atoms with Crippen LogP contribution in [0.4, 0.5) is 0 Å². The Morgan fingerprint density at radius 3 is 1.68 bits per heavy atom. The van der Waals surface area contributed by atoms with Gasteiger partial charge in [-0.15, -0.1) is 0 Å². The minimum atomic E-state index is -0.341. The number of benzene rings is 3. The number of amides is 2. The monoisotopic (exact) mass is 414 g/mol. The average Bonchev–Trinajstić information content (AvgIpc) is 2.85. The molecule has 158 valence electrons. The van der Waals surface area contributed by atoms with Crippen LogP contribution in [0.25, 0.3) is 0 Å². The Bertz CT molecular complexity index is 972. The number of methoxy groups -OCH3 is 1. The van der Waals surface area contributed by atoms with Crippen LogP contribution in [-0.4, -0.2) is 54.9 Å². The van der Waals surface area contributed by atoms with Gasteiger partial charge in [0, 0.05) is 31.7 Å². The third-order valence-corrected chi connectivity index (χ3v) is 5.73. The molecule has 1 saturated heterocycles. The lowest BCUT2D eigenvalue weighted by Crippen LogP contribution is -2.51. The Morgan fingerprint density at radius 2 is 1.19 bits per heavy atom. The van der Waals surface area contributed by atoms with Crippen molar-refractivity contribution in [3.63, 3.8) is 0 Å². The van der Waals surface area contributed by atoms with E-state index in [-0.39, 0.29) is 17.7 Å². The summed E-state index contributed by atoms with van der Waals surface area (Å²) < 4.78 is 5.16. The van der Waals surface area contributed by atoms with E-state index >= 15 is 0 Å². The van der Waals surface area contributed by atoms with Gasteiger partial charge >= 0.3 is 0 Å². The van der Waals surface area contributed by atoms with E-state index < -0.39 is 0 Å². The van der Waals surface area contributed by atoms with Gasteiger partial charge < -0.3 is 14.5 Å². The second-order valence-electron chi connectivity index (χ2n) is 7.60. The van der Waals surface area contributed by atoms with Crippen molar-refractivity contribution < 1.29 is 14.3 Å². The molecule has 0 spiro atoms. The third-order valence-electron chi connectivity index (χ3n) is 5.73. The number of ether oxygens (including phenoxy) is 1. The zero-order valence-electron chi connectivity index (χ0n) is 17.6. The molecule has 1 aliphatic heterocycles. The van der Waals surface area contributed by atoms with Gasteiger partial charge in [-0.2, -0.15) is 0 Å². The Labute approximate surface area is 182 Å². The Balaban J connectivity index is 1.46. The maximum Gasteiger partial charge on any atom is 0.253 e. The van der Waals surface area contributed by atoms with Gasteiger partial charge in [0.2, 0.25) is 5.91 Å². The van der Waals surface area contributed by atoms with Crippen molar-refractivity contribution in [3.05, 3.63) is 102 Å². The molecular formula is C26H26N2O3. The zero-order valence-corrected chi connectivity index (χ0v) is 17.6. The van der Waals surface area contributed by atoms with Gasteiger partial charge in [-0.3, -0.25) is 9.59 Å². The van der Waals surface area contributed by atoms with Gasteiger partial charge in [-0.1, -0.05) is 60.7 Å². The van der Waals surface area contributed by atoms with E-state index in [9.17, 15) is 9.59 Å². The largest absolute Gasteiger partial charge is 0.497 e. The molecule has 1 aliphatic rings. The first-order valence-electron chi connectivity index (χ1n) is 10.5. The minimum Gasteiger partial charge on any atom is -0.497 e. The highest BCUT2D eigenvalue weighted by Crippen LogP contribution is 2.27. The van der Waals surface area contributed by atoms with Crippen LogP contribution in [-0.2, 0) is 4.79 Å². The molecule has 0 radical (unpaired) electrons. The first-order valence-corrected chi connectivity index (χ1v) is 10.5. The second kappa shape index (κ2) is 9.47. The molecule has 0 aromatic heterocycles. The summed E-state index contributed by atoms with van der Waals surface area (Å²) in [5, 5.41) is 0. The molecule has 0 bridgehead atoms. The van der Waals surface area contributed by atoms with Crippen LogP contribution in [0.2, 0.25) is 0 Å². The van der Waals surface area contributed by atoms with Crippen LogP contribution in [0, 0.1) is 0 Å². The van der Waals surface area contributed by atoms with E-state index in [4.69, 9.17) is 4.74 Å². The summed E-state index contributed by atoms with van der Waals surface area (Å²) in [4.78, 5) is 30.0. The summed E-state index contributed by atoms with van der Waals surface area (Å²) in [5.41, 5.74) is 2.60. The molecule has 31 heavy (non-hydrogen) atoms. The number of hydrogen-bond donors (Lipinski definition) is 0. The molecule has 3 aromatic rings. The standard InChI is InChI=1S/C26H26N2O3/c1-31-23-14-12-22(13-15-23)25(29)27-16-18-28(19-17-27)26(30)24(20-8-4-2-5-9-20)21-10-6-3-7-11-21/h2-15,24H,16-19H2,1H3. The first-order chi connectivity index (χ1) is 15.2. The minimum absolute atomic E-state index is 0.0163. The van der Waals surface area contributed by atoms with Crippen molar-refractivity contribution in [2.45, 2.75) is 5.92 Å². The molecule has 0 unspecified atom stereocenters. The number of nitrogens with zero attached hydrogens (tertiary/aromatic N) is 2. The Kier molecular flexibility index (Phi) is 6.32. The first kappa shape index (κ1) is 20.7. The second-order valence-corrected chi connectivity index (χ2v) is 7.60. The van der Waals surface area contributed by atoms with Gasteiger partial charge in [0.05, 0.1) is 13.0 Å². The quantitative estimate of drug-likeness (QED) is 0.638. The van der Waals surface area contributed by atoms with Gasteiger partial charge in [0.1, 0.15) is 5.75 Å². The fraction of sp³-hybridized carbons (Fsp3) is 0.231. The van der Waals surface area contributed by atoms with Crippen molar-refractivity contribution in [2.75, 3.05) is 33.3 Å². The lowest BCUT2D eigenvalue weighted by Gasteiger charge is -2.36. The van der Waals surface area contributed by atoms with E-state index in [0.29, 0.717) is 31.7 Å². The van der Waals surface area contributed by atoms with Crippen LogP contribution in [0.3, 0.4) is 0 Å². The van der Waals surface area contributed by atoms with Crippen molar-refractivity contribution >= 4 is 11.8 Å². The van der Waals surface area contributed by atoms with Crippen molar-refractivity contribution in [1.29, 1.82) is 0 Å². The molecule has 0 saturated carbocycles. The van der Waals surface area contributed by atoms with E-state index in [2.05, 4.69) is 0 Å². The van der Waals surface area contributed by atoms with Crippen LogP contribution in [0.5, 0.6) is 5.75 Å². The predicted octanol–water partition coefficient (Wildman–Crippen LogP) is 3.81. The summed E-state index contributed by atoms with van der Waals surface area (Å²) >= 11 is 0. The molecule has 0 atom stereocenters. The van der Waals surface area contributed by atoms with Gasteiger partial charge in [0.25, 0.3) is 5.91 Å². The number of piperazine rings is 1. The molecule has 2 amide bonds. The summed E-state index contributed by atoms with van der Waals surface area (Å²) in [6, 6.07) is 26.9. The number of rotatable bonds is 5. The fourth-order valence-electron chi connectivity index (χ4n) is 4.00. The molecule has 5 heteroatoms. The summed E-state index contributed by atoms with van der Waals surface area (Å²) in [7, 11) is 1.60. The SMILES string of the molecule is COc1ccc(C(=O)N2CCN(C(=O)C(c3ccccc3)c3ccccc3)CC2)cc1. The summed E-state index contributed by atoms with van der Waals surface area (Å²) in [6.45, 7) is 2.09. The van der Waals surface area contributed by atoms with E-state index in [1.54, 1.807) is 31.4 Å². The molecule has 4 rings (SSSR count). The maximum absolute atomic E-state index is 13.5. The zero-order chi connectivity index (χ0) is 21.6. The Morgan fingerprint density at radius 1 is 0.710 bits per heavy atom. The van der Waals surface area contributed by atoms with E-state index in [1.807, 2.05) is 70.5 Å². The molecule has 3 aromatic carbocycles. The highest BCUT2D eigenvalue weighted by atomic mass is 16.5. The van der Waals surface area contributed by atoms with Crippen LogP contribution in [0.1, 0.15) is 27.4 Å². The highest BCUT2D eigenvalue weighted by molar-refractivity contribution is 5.94. The maximum atomic E-state index is 13.5. The van der Waals surface area contributed by atoms with Crippen molar-refractivity contribution in [3.8, 4) is 5.75 Å². The van der Waals surface area contributed by atoms with Crippen molar-refractivity contribution in [1.82, 2.24) is 9.80 Å². The van der Waals surface area contributed by atoms with Crippen molar-refractivity contribution in [2.24, 2.45) is 0 Å². The summed E-state index contributed by atoms with van der Waals surface area (Å²) in [5.74, 6) is 0.442. The van der Waals surface area contributed by atoms with Crippen LogP contribution >= 0.6 is 0 Å². The van der Waals surface area contributed by atoms with E-state index in [0.717, 1.165) is 16.9 Å². The topological polar surface area (TPSA) is 49.9 Å². The molecule has 0 N–H and O–H groups in total. The normalized spacial score (nSPS) is 13.9. The van der Waals surface area contributed by atoms with Gasteiger partial charge in [-0.05, 0) is 35.4 Å². The lowest BCUT2D eigenvalue weighted by atomic mass is 9.90. The van der Waals surface area contributed by atoms with E-state index in [1.165, 1.54) is 0 Å². The number of carbonyl (C=O) groups excluding carboxylic acids is 2. The molecule has 0 aliphatic carbocycles. The molecule has 1 heterocycles. The lowest BCUT2D eigenvalue weighted by molar-refractivity contribution is -0.133. The molecule has 1 fully saturated rings. The molecular weight excluding hydrogens is 388 g/mol. The number of carbonyl (C=O) groups is 2.